The molecule has 0 aliphatic carbocycles. The predicted octanol–water partition coefficient (Wildman–Crippen LogP) is 3.25. The third-order valence-corrected chi connectivity index (χ3v) is 2.58. The summed E-state index contributed by atoms with van der Waals surface area (Å²) >= 11 is 0. The Bertz CT molecular complexity index is 376. The molecule has 0 bridgehead atoms. The lowest BCUT2D eigenvalue weighted by Gasteiger charge is -2.09. The van der Waals surface area contributed by atoms with Crippen molar-refractivity contribution in [2.24, 2.45) is 11.7 Å². The Hall–Kier alpha value is -1.54. The topological polar surface area (TPSA) is 35.2 Å². The molecule has 1 aromatic carbocycles. The molecule has 0 amide bonds. The molecule has 0 atom stereocenters. The Labute approximate surface area is 104 Å². The number of rotatable bonds is 6. The molecule has 0 aromatic heterocycles. The third kappa shape index (κ3) is 4.45. The molecule has 0 fully saturated rings. The number of nitrogens with two attached hydrogens (primary N) is 1. The van der Waals surface area contributed by atoms with Crippen LogP contribution in [0.1, 0.15) is 19.4 Å². The summed E-state index contributed by atoms with van der Waals surface area (Å²) in [5.74, 6) is 1.34. The van der Waals surface area contributed by atoms with E-state index in [1.165, 1.54) is 5.57 Å². The van der Waals surface area contributed by atoms with Crippen molar-refractivity contribution in [2.45, 2.75) is 13.8 Å². The van der Waals surface area contributed by atoms with Crippen LogP contribution < -0.4 is 10.5 Å². The molecule has 0 aliphatic rings. The van der Waals surface area contributed by atoms with Crippen molar-refractivity contribution in [1.82, 2.24) is 0 Å². The normalized spacial score (nSPS) is 11.6. The summed E-state index contributed by atoms with van der Waals surface area (Å²) in [5, 5.41) is 0. The lowest BCUT2D eigenvalue weighted by molar-refractivity contribution is 0.363. The molecule has 0 saturated carbocycles. The van der Waals surface area contributed by atoms with Crippen LogP contribution in [-0.4, -0.2) is 13.2 Å². The fraction of sp³-hybridized carbons (Fsp3) is 0.333. The van der Waals surface area contributed by atoms with Gasteiger partial charge >= 0.3 is 0 Å². The molecule has 1 aromatic rings. The minimum atomic E-state index is 0.483. The highest BCUT2D eigenvalue weighted by atomic mass is 16.5. The molecule has 92 valence electrons. The maximum Gasteiger partial charge on any atom is 0.119 e. The summed E-state index contributed by atoms with van der Waals surface area (Å²) in [7, 11) is 0. The van der Waals surface area contributed by atoms with Gasteiger partial charge in [0, 0.05) is 6.54 Å². The maximum atomic E-state index is 5.71. The molecule has 1 rings (SSSR count). The van der Waals surface area contributed by atoms with E-state index in [2.05, 4.69) is 26.5 Å². The minimum Gasteiger partial charge on any atom is -0.490 e. The van der Waals surface area contributed by atoms with Gasteiger partial charge in [0.25, 0.3) is 0 Å². The van der Waals surface area contributed by atoms with E-state index in [1.54, 1.807) is 6.08 Å². The highest BCUT2D eigenvalue weighted by Crippen LogP contribution is 2.17. The second-order valence-corrected chi connectivity index (χ2v) is 4.25. The van der Waals surface area contributed by atoms with Crippen LogP contribution in [-0.2, 0) is 0 Å². The lowest BCUT2D eigenvalue weighted by atomic mass is 10.0. The highest BCUT2D eigenvalue weighted by Gasteiger charge is 2.01. The number of hydrogen-bond donors (Lipinski definition) is 1. The van der Waals surface area contributed by atoms with E-state index >= 15 is 0 Å². The van der Waals surface area contributed by atoms with Gasteiger partial charge in [-0.3, -0.25) is 0 Å². The van der Waals surface area contributed by atoms with Crippen LogP contribution in [0.15, 0.2) is 42.5 Å². The number of ether oxygens (including phenoxy) is 1. The molecular formula is C15H21NO. The van der Waals surface area contributed by atoms with Crippen molar-refractivity contribution < 1.29 is 4.74 Å². The van der Waals surface area contributed by atoms with Gasteiger partial charge in [-0.15, -0.1) is 0 Å². The van der Waals surface area contributed by atoms with E-state index < -0.39 is 0 Å². The van der Waals surface area contributed by atoms with Crippen LogP contribution in [0.4, 0.5) is 0 Å². The minimum absolute atomic E-state index is 0.483. The molecule has 17 heavy (non-hydrogen) atoms. The van der Waals surface area contributed by atoms with Crippen molar-refractivity contribution in [1.29, 1.82) is 0 Å². The molecule has 0 unspecified atom stereocenters. The molecule has 0 heterocycles. The third-order valence-electron chi connectivity index (χ3n) is 2.58. The Kier molecular flexibility index (Phi) is 5.50. The van der Waals surface area contributed by atoms with Crippen LogP contribution in [0.3, 0.4) is 0 Å². The average molecular weight is 231 g/mol. The number of hydrogen-bond acceptors (Lipinski definition) is 2. The highest BCUT2D eigenvalue weighted by molar-refractivity contribution is 5.54. The lowest BCUT2D eigenvalue weighted by Crippen LogP contribution is -2.08. The Morgan fingerprint density at radius 3 is 2.47 bits per heavy atom. The average Bonchev–Trinajstić information content (AvgIpc) is 2.34. The van der Waals surface area contributed by atoms with Gasteiger partial charge in [-0.2, -0.15) is 0 Å². The smallest absolute Gasteiger partial charge is 0.119 e. The summed E-state index contributed by atoms with van der Waals surface area (Å²) in [4.78, 5) is 0. The van der Waals surface area contributed by atoms with Crippen molar-refractivity contribution in [3.8, 4) is 5.75 Å². The zero-order chi connectivity index (χ0) is 12.7. The van der Waals surface area contributed by atoms with Crippen molar-refractivity contribution in [3.63, 3.8) is 0 Å². The Morgan fingerprint density at radius 2 is 2.00 bits per heavy atom. The van der Waals surface area contributed by atoms with E-state index in [1.807, 2.05) is 24.3 Å². The molecule has 2 heteroatoms. The Morgan fingerprint density at radius 1 is 1.35 bits per heavy atom. The summed E-state index contributed by atoms with van der Waals surface area (Å²) in [5.41, 5.74) is 8.13. The van der Waals surface area contributed by atoms with Crippen LogP contribution >= 0.6 is 0 Å². The van der Waals surface area contributed by atoms with Crippen LogP contribution in [0, 0.1) is 5.92 Å². The van der Waals surface area contributed by atoms with Gasteiger partial charge in [0.2, 0.25) is 0 Å². The first-order valence-electron chi connectivity index (χ1n) is 5.91. The second kappa shape index (κ2) is 6.92. The monoisotopic (exact) mass is 231 g/mol. The quantitative estimate of drug-likeness (QED) is 0.763. The summed E-state index contributed by atoms with van der Waals surface area (Å²) in [6.45, 7) is 9.06. The SMILES string of the molecule is C=CCOc1ccc(C=C(CN)C(C)C)cc1. The molecule has 0 saturated heterocycles. The van der Waals surface area contributed by atoms with Gasteiger partial charge in [-0.05, 0) is 23.6 Å². The predicted molar refractivity (Wildman–Crippen MR) is 74.0 cm³/mol. The van der Waals surface area contributed by atoms with Crippen molar-refractivity contribution in [3.05, 3.63) is 48.1 Å². The summed E-state index contributed by atoms with van der Waals surface area (Å²) < 4.78 is 5.43. The second-order valence-electron chi connectivity index (χ2n) is 4.25. The first-order valence-corrected chi connectivity index (χ1v) is 5.91. The molecule has 0 radical (unpaired) electrons. The first kappa shape index (κ1) is 13.5. The van der Waals surface area contributed by atoms with Crippen molar-refractivity contribution in [2.75, 3.05) is 13.2 Å². The van der Waals surface area contributed by atoms with Gasteiger partial charge < -0.3 is 10.5 Å². The zero-order valence-electron chi connectivity index (χ0n) is 10.6. The zero-order valence-corrected chi connectivity index (χ0v) is 10.6. The van der Waals surface area contributed by atoms with E-state index in [0.717, 1.165) is 11.3 Å². The van der Waals surface area contributed by atoms with Crippen molar-refractivity contribution >= 4 is 6.08 Å². The summed E-state index contributed by atoms with van der Waals surface area (Å²) in [6.07, 6.45) is 3.88. The van der Waals surface area contributed by atoms with E-state index in [-0.39, 0.29) is 0 Å². The van der Waals surface area contributed by atoms with Gasteiger partial charge in [0.15, 0.2) is 0 Å². The molecule has 0 spiro atoms. The standard InChI is InChI=1S/C15H21NO/c1-4-9-17-15-7-5-13(6-8-15)10-14(11-16)12(2)3/h4-8,10,12H,1,9,11,16H2,2-3H3. The molecule has 0 aliphatic heterocycles. The largest absolute Gasteiger partial charge is 0.490 e. The van der Waals surface area contributed by atoms with Crippen LogP contribution in [0.5, 0.6) is 5.75 Å². The summed E-state index contributed by atoms with van der Waals surface area (Å²) in [6, 6.07) is 8.00. The number of benzene rings is 1. The van der Waals surface area contributed by atoms with E-state index in [9.17, 15) is 0 Å². The Balaban J connectivity index is 2.76. The maximum absolute atomic E-state index is 5.71. The molecule has 2 N–H and O–H groups in total. The van der Waals surface area contributed by atoms with Crippen LogP contribution in [0.2, 0.25) is 0 Å². The van der Waals surface area contributed by atoms with Gasteiger partial charge in [0.1, 0.15) is 12.4 Å². The molecular weight excluding hydrogens is 210 g/mol. The first-order chi connectivity index (χ1) is 8.17. The van der Waals surface area contributed by atoms with Gasteiger partial charge in [-0.25, -0.2) is 0 Å². The van der Waals surface area contributed by atoms with E-state index in [0.29, 0.717) is 19.1 Å². The van der Waals surface area contributed by atoms with Gasteiger partial charge in [0.05, 0.1) is 0 Å². The van der Waals surface area contributed by atoms with Crippen LogP contribution in [0.25, 0.3) is 6.08 Å². The fourth-order valence-corrected chi connectivity index (χ4v) is 1.49. The van der Waals surface area contributed by atoms with E-state index in [4.69, 9.17) is 10.5 Å². The molecule has 2 nitrogen and oxygen atoms in total. The van der Waals surface area contributed by atoms with Gasteiger partial charge in [-0.1, -0.05) is 50.3 Å². The fourth-order valence-electron chi connectivity index (χ4n) is 1.49.